The van der Waals surface area contributed by atoms with Gasteiger partial charge in [0.1, 0.15) is 54.9 Å². The van der Waals surface area contributed by atoms with Crippen molar-refractivity contribution in [3.05, 3.63) is 0 Å². The van der Waals surface area contributed by atoms with Crippen LogP contribution < -0.4 is 0 Å². The van der Waals surface area contributed by atoms with E-state index in [9.17, 15) is 45.6 Å². The molecule has 0 radical (unpaired) electrons. The maximum absolute atomic E-state index is 12.1. The molecule has 194 valence electrons. The second kappa shape index (κ2) is 13.2. The Morgan fingerprint density at radius 3 is 2.12 bits per heavy atom. The van der Waals surface area contributed by atoms with Crippen molar-refractivity contribution in [3.8, 4) is 0 Å². The van der Waals surface area contributed by atoms with Gasteiger partial charge >= 0.3 is 5.97 Å². The maximum Gasteiger partial charge on any atom is 0.337 e. The summed E-state index contributed by atoms with van der Waals surface area (Å²) >= 11 is 0. The summed E-state index contributed by atoms with van der Waals surface area (Å²) < 4.78 is 21.0. The first-order valence-electron chi connectivity index (χ1n) is 11.1. The van der Waals surface area contributed by atoms with E-state index in [2.05, 4.69) is 0 Å². The number of aliphatic hydroxyl groups excluding tert-OH is 8. The van der Waals surface area contributed by atoms with Crippen molar-refractivity contribution in [1.82, 2.24) is 0 Å². The van der Waals surface area contributed by atoms with Gasteiger partial charge in [0.05, 0.1) is 19.8 Å². The van der Waals surface area contributed by atoms with Crippen molar-refractivity contribution in [2.75, 3.05) is 19.8 Å². The first-order valence-corrected chi connectivity index (χ1v) is 11.1. The average Bonchev–Trinajstić information content (AvgIpc) is 2.81. The van der Waals surface area contributed by atoms with Crippen LogP contribution in [0.4, 0.5) is 0 Å². The number of hydrogen-bond acceptors (Lipinski definition) is 13. The summed E-state index contributed by atoms with van der Waals surface area (Å²) in [5.74, 6) is -1.06. The first-order chi connectivity index (χ1) is 15.7. The van der Waals surface area contributed by atoms with Crippen LogP contribution in [0, 0.1) is 0 Å². The molecule has 3 unspecified atom stereocenters. The maximum atomic E-state index is 12.1. The van der Waals surface area contributed by atoms with Crippen LogP contribution >= 0.6 is 0 Å². The zero-order valence-electron chi connectivity index (χ0n) is 18.4. The molecule has 0 aromatic heterocycles. The Balaban J connectivity index is 2.02. The Hall–Kier alpha value is -0.970. The van der Waals surface area contributed by atoms with E-state index in [4.69, 9.17) is 18.9 Å². The molecular formula is C20H36O13. The smallest absolute Gasteiger partial charge is 0.337 e. The molecule has 0 bridgehead atoms. The number of ether oxygens (including phenoxy) is 4. The summed E-state index contributed by atoms with van der Waals surface area (Å²) in [5, 5.41) is 80.1. The molecule has 0 aromatic carbocycles. The quantitative estimate of drug-likeness (QED) is 0.104. The van der Waals surface area contributed by atoms with Crippen LogP contribution in [-0.2, 0) is 23.7 Å². The summed E-state index contributed by atoms with van der Waals surface area (Å²) in [7, 11) is 0. The lowest BCUT2D eigenvalue weighted by molar-refractivity contribution is -0.344. The van der Waals surface area contributed by atoms with E-state index < -0.39 is 86.5 Å². The van der Waals surface area contributed by atoms with Gasteiger partial charge in [0, 0.05) is 0 Å². The molecule has 2 aliphatic rings. The van der Waals surface area contributed by atoms with Gasteiger partial charge in [0.2, 0.25) is 0 Å². The van der Waals surface area contributed by atoms with E-state index in [0.717, 1.165) is 19.3 Å². The lowest BCUT2D eigenvalue weighted by Crippen LogP contribution is -2.66. The highest BCUT2D eigenvalue weighted by Gasteiger charge is 2.52. The van der Waals surface area contributed by atoms with Crippen LogP contribution in [0.3, 0.4) is 0 Å². The van der Waals surface area contributed by atoms with Gasteiger partial charge in [0.15, 0.2) is 12.4 Å². The molecule has 0 amide bonds. The summed E-state index contributed by atoms with van der Waals surface area (Å²) in [6.45, 7) is 0.596. The Labute approximate surface area is 191 Å². The molecule has 2 aliphatic heterocycles. The van der Waals surface area contributed by atoms with E-state index in [0.29, 0.717) is 6.42 Å². The molecule has 2 fully saturated rings. The standard InChI is InChI=1S/C20H36O13/c1-2-3-4-5-6-30-19(29)16(28)18-14(26)13(25)17(10(8-22)31-18)33-20-15(27)12(24)11(23)9(7-21)32-20/h9-18,20-28H,2-8H2,1H3/t9-,10-,11+,12+,13-,14-,15-,16?,17-,18?,20?/m1/s1. The normalized spacial score (nSPS) is 40.4. The Morgan fingerprint density at radius 1 is 0.848 bits per heavy atom. The number of hydrogen-bond donors (Lipinski definition) is 8. The lowest BCUT2D eigenvalue weighted by atomic mass is 9.91. The van der Waals surface area contributed by atoms with Crippen LogP contribution in [0.2, 0.25) is 0 Å². The van der Waals surface area contributed by atoms with Crippen LogP contribution in [0.1, 0.15) is 32.6 Å². The van der Waals surface area contributed by atoms with Gasteiger partial charge in [-0.2, -0.15) is 0 Å². The van der Waals surface area contributed by atoms with Crippen molar-refractivity contribution in [3.63, 3.8) is 0 Å². The van der Waals surface area contributed by atoms with E-state index in [1.54, 1.807) is 0 Å². The highest BCUT2D eigenvalue weighted by atomic mass is 16.7. The number of rotatable bonds is 11. The summed E-state index contributed by atoms with van der Waals surface area (Å²) in [5.41, 5.74) is 0. The molecule has 2 heterocycles. The third-order valence-electron chi connectivity index (χ3n) is 5.84. The Bertz CT molecular complexity index is 588. The van der Waals surface area contributed by atoms with Gasteiger partial charge in [-0.3, -0.25) is 0 Å². The molecule has 2 rings (SSSR count). The fourth-order valence-electron chi connectivity index (χ4n) is 3.80. The summed E-state index contributed by atoms with van der Waals surface area (Å²) in [6, 6.07) is 0. The molecule has 0 aliphatic carbocycles. The molecular weight excluding hydrogens is 448 g/mol. The van der Waals surface area contributed by atoms with Crippen molar-refractivity contribution in [2.24, 2.45) is 0 Å². The molecule has 0 spiro atoms. The average molecular weight is 484 g/mol. The zero-order valence-corrected chi connectivity index (χ0v) is 18.4. The topological polar surface area (TPSA) is 216 Å². The molecule has 0 saturated carbocycles. The third-order valence-corrected chi connectivity index (χ3v) is 5.84. The van der Waals surface area contributed by atoms with E-state index in [1.807, 2.05) is 6.92 Å². The molecule has 2 saturated heterocycles. The highest BCUT2D eigenvalue weighted by molar-refractivity contribution is 5.75. The second-order valence-electron chi connectivity index (χ2n) is 8.27. The minimum absolute atomic E-state index is 0.0630. The first kappa shape index (κ1) is 28.3. The number of carbonyl (C=O) groups excluding carboxylic acids is 1. The molecule has 8 N–H and O–H groups in total. The highest BCUT2D eigenvalue weighted by Crippen LogP contribution is 2.30. The van der Waals surface area contributed by atoms with Crippen molar-refractivity contribution < 1.29 is 64.6 Å². The van der Waals surface area contributed by atoms with Gasteiger partial charge < -0.3 is 59.8 Å². The molecule has 0 aromatic rings. The monoisotopic (exact) mass is 484 g/mol. The van der Waals surface area contributed by atoms with Gasteiger partial charge in [0.25, 0.3) is 0 Å². The molecule has 33 heavy (non-hydrogen) atoms. The van der Waals surface area contributed by atoms with E-state index in [1.165, 1.54) is 0 Å². The number of aliphatic hydroxyl groups is 8. The van der Waals surface area contributed by atoms with Gasteiger partial charge in [-0.15, -0.1) is 0 Å². The van der Waals surface area contributed by atoms with Crippen molar-refractivity contribution in [2.45, 2.75) is 99.9 Å². The number of unbranched alkanes of at least 4 members (excludes halogenated alkanes) is 3. The van der Waals surface area contributed by atoms with E-state index in [-0.39, 0.29) is 6.61 Å². The minimum atomic E-state index is -1.96. The number of esters is 1. The van der Waals surface area contributed by atoms with Gasteiger partial charge in [-0.25, -0.2) is 4.79 Å². The predicted molar refractivity (Wildman–Crippen MR) is 108 cm³/mol. The van der Waals surface area contributed by atoms with Crippen LogP contribution in [-0.4, -0.2) is 134 Å². The van der Waals surface area contributed by atoms with Crippen LogP contribution in [0.5, 0.6) is 0 Å². The molecule has 11 atom stereocenters. The Morgan fingerprint density at radius 2 is 1.52 bits per heavy atom. The Kier molecular flexibility index (Phi) is 11.3. The SMILES string of the molecule is CCCCCCOC(=O)C(O)C1O[C@H](CO)[C@@H](OC2O[C@H](CO)[C@H](O)[C@H](O)[C@H]2O)[C@H](O)[C@H]1O. The second-order valence-corrected chi connectivity index (χ2v) is 8.27. The predicted octanol–water partition coefficient (Wildman–Crippen LogP) is -3.86. The number of carbonyl (C=O) groups is 1. The molecule has 13 nitrogen and oxygen atoms in total. The van der Waals surface area contributed by atoms with Gasteiger partial charge in [-0.05, 0) is 6.42 Å². The fraction of sp³-hybridized carbons (Fsp3) is 0.950. The van der Waals surface area contributed by atoms with Crippen molar-refractivity contribution in [1.29, 1.82) is 0 Å². The van der Waals surface area contributed by atoms with Crippen molar-refractivity contribution >= 4 is 5.97 Å². The van der Waals surface area contributed by atoms with Gasteiger partial charge in [-0.1, -0.05) is 26.2 Å². The summed E-state index contributed by atoms with van der Waals surface area (Å²) in [4.78, 5) is 12.1. The van der Waals surface area contributed by atoms with Crippen LogP contribution in [0.15, 0.2) is 0 Å². The minimum Gasteiger partial charge on any atom is -0.464 e. The molecule has 13 heteroatoms. The summed E-state index contributed by atoms with van der Waals surface area (Å²) in [6.07, 6.45) is -14.9. The van der Waals surface area contributed by atoms with E-state index >= 15 is 0 Å². The lowest BCUT2D eigenvalue weighted by Gasteiger charge is -2.46. The zero-order chi connectivity index (χ0) is 24.7. The fourth-order valence-corrected chi connectivity index (χ4v) is 3.80. The van der Waals surface area contributed by atoms with Crippen LogP contribution in [0.25, 0.3) is 0 Å². The largest absolute Gasteiger partial charge is 0.464 e. The third kappa shape index (κ3) is 6.80.